The number of Topliss-reactive ketones (excluding diaryl/α,β-unsaturated/α-hetero) is 1. The first kappa shape index (κ1) is 14.3. The molecule has 0 amide bonds. The molecule has 3 heteroatoms. The molecule has 0 spiro atoms. The van der Waals surface area contributed by atoms with Gasteiger partial charge in [0, 0.05) is 24.8 Å². The number of benzene rings is 2. The molecule has 0 aliphatic carbocycles. The topological polar surface area (TPSA) is 32.3 Å². The van der Waals surface area contributed by atoms with Crippen molar-refractivity contribution in [2.45, 2.75) is 6.54 Å². The normalized spacial score (nSPS) is 10.3. The van der Waals surface area contributed by atoms with Crippen molar-refractivity contribution in [2.24, 2.45) is 0 Å². The Bertz CT molecular complexity index is 549. The van der Waals surface area contributed by atoms with Crippen LogP contribution in [0.3, 0.4) is 0 Å². The Balaban J connectivity index is 2.04. The average molecular weight is 268 g/mol. The second-order valence-electron chi connectivity index (χ2n) is 4.84. The lowest BCUT2D eigenvalue weighted by molar-refractivity contribution is 0.0993. The molecule has 0 unspecified atom stereocenters. The monoisotopic (exact) mass is 268 g/mol. The number of anilines is 1. The van der Waals surface area contributed by atoms with Gasteiger partial charge in [-0.1, -0.05) is 30.3 Å². The van der Waals surface area contributed by atoms with Crippen molar-refractivity contribution in [3.05, 3.63) is 65.7 Å². The van der Waals surface area contributed by atoms with Gasteiger partial charge in [0.1, 0.15) is 0 Å². The summed E-state index contributed by atoms with van der Waals surface area (Å²) in [6, 6.07) is 18.1. The maximum absolute atomic E-state index is 11.7. The van der Waals surface area contributed by atoms with Crippen LogP contribution in [0, 0.1) is 0 Å². The van der Waals surface area contributed by atoms with E-state index in [2.05, 4.69) is 29.4 Å². The molecule has 2 aromatic carbocycles. The number of nitrogens with one attached hydrogen (secondary N) is 1. The quantitative estimate of drug-likeness (QED) is 0.818. The van der Waals surface area contributed by atoms with Gasteiger partial charge in [-0.25, -0.2) is 0 Å². The van der Waals surface area contributed by atoms with Crippen molar-refractivity contribution in [2.75, 3.05) is 25.5 Å². The highest BCUT2D eigenvalue weighted by Crippen LogP contribution is 2.16. The molecule has 0 heterocycles. The fraction of sp³-hybridized carbons (Fsp3) is 0.235. The smallest absolute Gasteiger partial charge is 0.176 e. The van der Waals surface area contributed by atoms with Gasteiger partial charge < -0.3 is 10.2 Å². The number of carbonyl (C=O) groups excluding carboxylic acids is 1. The molecule has 0 aliphatic heterocycles. The lowest BCUT2D eigenvalue weighted by atomic mass is 10.1. The highest BCUT2D eigenvalue weighted by atomic mass is 16.1. The molecular formula is C17H20N2O. The van der Waals surface area contributed by atoms with Gasteiger partial charge in [0.05, 0.1) is 6.54 Å². The zero-order valence-corrected chi connectivity index (χ0v) is 12.0. The number of hydrogen-bond acceptors (Lipinski definition) is 3. The first-order valence-corrected chi connectivity index (χ1v) is 6.73. The Hall–Kier alpha value is -2.13. The van der Waals surface area contributed by atoms with Crippen LogP contribution in [0.2, 0.25) is 0 Å². The van der Waals surface area contributed by atoms with E-state index in [0.717, 1.165) is 17.8 Å². The van der Waals surface area contributed by atoms with Crippen molar-refractivity contribution in [3.8, 4) is 0 Å². The second kappa shape index (κ2) is 6.87. The third-order valence-electron chi connectivity index (χ3n) is 3.23. The van der Waals surface area contributed by atoms with Gasteiger partial charge >= 0.3 is 0 Å². The zero-order valence-electron chi connectivity index (χ0n) is 12.0. The minimum absolute atomic E-state index is 0.116. The number of nitrogens with zero attached hydrogens (tertiary/aromatic N) is 1. The van der Waals surface area contributed by atoms with Crippen molar-refractivity contribution in [1.29, 1.82) is 0 Å². The van der Waals surface area contributed by atoms with Crippen LogP contribution in [-0.4, -0.2) is 26.4 Å². The van der Waals surface area contributed by atoms with Crippen LogP contribution in [0.4, 0.5) is 5.69 Å². The number of ketones is 1. The Kier molecular flexibility index (Phi) is 4.91. The van der Waals surface area contributed by atoms with Gasteiger partial charge in [0.2, 0.25) is 0 Å². The molecule has 20 heavy (non-hydrogen) atoms. The van der Waals surface area contributed by atoms with Gasteiger partial charge in [0.25, 0.3) is 0 Å². The molecule has 0 saturated heterocycles. The highest BCUT2D eigenvalue weighted by molar-refractivity contribution is 5.97. The Labute approximate surface area is 120 Å². The third kappa shape index (κ3) is 3.68. The Morgan fingerprint density at radius 2 is 1.70 bits per heavy atom. The SMILES string of the molecule is CNCC(=O)c1ccc(N(C)Cc2ccccc2)cc1. The molecule has 0 radical (unpaired) electrons. The standard InChI is InChI=1S/C17H20N2O/c1-18-12-17(20)15-8-10-16(11-9-15)19(2)13-14-6-4-3-5-7-14/h3-11,18H,12-13H2,1-2H3. The van der Waals surface area contributed by atoms with E-state index in [1.165, 1.54) is 5.56 Å². The summed E-state index contributed by atoms with van der Waals surface area (Å²) >= 11 is 0. The summed E-state index contributed by atoms with van der Waals surface area (Å²) in [4.78, 5) is 13.9. The molecule has 2 aromatic rings. The maximum Gasteiger partial charge on any atom is 0.176 e. The van der Waals surface area contributed by atoms with E-state index >= 15 is 0 Å². The molecule has 0 aromatic heterocycles. The van der Waals surface area contributed by atoms with Gasteiger partial charge in [-0.2, -0.15) is 0 Å². The molecule has 0 atom stereocenters. The molecule has 104 valence electrons. The van der Waals surface area contributed by atoms with Gasteiger partial charge in [-0.3, -0.25) is 4.79 Å². The summed E-state index contributed by atoms with van der Waals surface area (Å²) in [5.41, 5.74) is 3.12. The minimum atomic E-state index is 0.116. The van der Waals surface area contributed by atoms with Crippen LogP contribution in [0.1, 0.15) is 15.9 Å². The largest absolute Gasteiger partial charge is 0.370 e. The van der Waals surface area contributed by atoms with E-state index in [0.29, 0.717) is 6.54 Å². The van der Waals surface area contributed by atoms with E-state index in [1.807, 2.05) is 42.5 Å². The van der Waals surface area contributed by atoms with Crippen LogP contribution < -0.4 is 10.2 Å². The summed E-state index contributed by atoms with van der Waals surface area (Å²) in [6.07, 6.45) is 0. The van der Waals surface area contributed by atoms with E-state index in [-0.39, 0.29) is 5.78 Å². The van der Waals surface area contributed by atoms with Crippen LogP contribution in [0.25, 0.3) is 0 Å². The molecule has 0 aliphatic rings. The van der Waals surface area contributed by atoms with Crippen molar-refractivity contribution >= 4 is 11.5 Å². The van der Waals surface area contributed by atoms with Crippen molar-refractivity contribution < 1.29 is 4.79 Å². The minimum Gasteiger partial charge on any atom is -0.370 e. The van der Waals surface area contributed by atoms with E-state index in [9.17, 15) is 4.79 Å². The molecule has 1 N–H and O–H groups in total. The number of likely N-dealkylation sites (N-methyl/N-ethyl adjacent to an activating group) is 1. The fourth-order valence-corrected chi connectivity index (χ4v) is 2.11. The summed E-state index contributed by atoms with van der Waals surface area (Å²) in [7, 11) is 3.83. The summed E-state index contributed by atoms with van der Waals surface area (Å²) in [5.74, 6) is 0.116. The molecule has 0 fully saturated rings. The molecular weight excluding hydrogens is 248 g/mol. The van der Waals surface area contributed by atoms with Crippen molar-refractivity contribution in [1.82, 2.24) is 5.32 Å². The summed E-state index contributed by atoms with van der Waals surface area (Å²) < 4.78 is 0. The average Bonchev–Trinajstić information content (AvgIpc) is 2.48. The van der Waals surface area contributed by atoms with E-state index in [4.69, 9.17) is 0 Å². The van der Waals surface area contributed by atoms with E-state index < -0.39 is 0 Å². The Morgan fingerprint density at radius 3 is 2.30 bits per heavy atom. The van der Waals surface area contributed by atoms with Crippen LogP contribution in [0.5, 0.6) is 0 Å². The molecule has 0 bridgehead atoms. The first-order valence-electron chi connectivity index (χ1n) is 6.73. The summed E-state index contributed by atoms with van der Waals surface area (Å²) in [6.45, 7) is 1.23. The molecule has 3 nitrogen and oxygen atoms in total. The molecule has 0 saturated carbocycles. The predicted molar refractivity (Wildman–Crippen MR) is 83.2 cm³/mol. The number of hydrogen-bond donors (Lipinski definition) is 1. The Morgan fingerprint density at radius 1 is 1.05 bits per heavy atom. The number of rotatable bonds is 6. The van der Waals surface area contributed by atoms with E-state index in [1.54, 1.807) is 7.05 Å². The second-order valence-corrected chi connectivity index (χ2v) is 4.84. The maximum atomic E-state index is 11.7. The third-order valence-corrected chi connectivity index (χ3v) is 3.23. The zero-order chi connectivity index (χ0) is 14.4. The summed E-state index contributed by atoms with van der Waals surface area (Å²) in [5, 5.41) is 2.88. The van der Waals surface area contributed by atoms with Gasteiger partial charge in [-0.15, -0.1) is 0 Å². The van der Waals surface area contributed by atoms with Gasteiger partial charge in [0.15, 0.2) is 5.78 Å². The van der Waals surface area contributed by atoms with Crippen molar-refractivity contribution in [3.63, 3.8) is 0 Å². The fourth-order valence-electron chi connectivity index (χ4n) is 2.11. The van der Waals surface area contributed by atoms with Crippen LogP contribution in [0.15, 0.2) is 54.6 Å². The van der Waals surface area contributed by atoms with Gasteiger partial charge in [-0.05, 0) is 36.9 Å². The van der Waals surface area contributed by atoms with Crippen LogP contribution in [-0.2, 0) is 6.54 Å². The number of carbonyl (C=O) groups is 1. The van der Waals surface area contributed by atoms with Crippen LogP contribution >= 0.6 is 0 Å². The first-order chi connectivity index (χ1) is 9.70. The molecule has 2 rings (SSSR count). The lowest BCUT2D eigenvalue weighted by Crippen LogP contribution is -2.19. The lowest BCUT2D eigenvalue weighted by Gasteiger charge is -2.19. The predicted octanol–water partition coefficient (Wildman–Crippen LogP) is 2.73. The highest BCUT2D eigenvalue weighted by Gasteiger charge is 2.06.